The monoisotopic (exact) mass is 372 g/mol. The maximum Gasteiger partial charge on any atom is 0.253 e. The van der Waals surface area contributed by atoms with E-state index in [2.05, 4.69) is 11.0 Å². The molecule has 138 valence electrons. The molecule has 3 rings (SSSR count). The summed E-state index contributed by atoms with van der Waals surface area (Å²) in [6, 6.07) is 13.8. The van der Waals surface area contributed by atoms with Gasteiger partial charge in [-0.3, -0.25) is 9.69 Å². The number of piperazine rings is 1. The lowest BCUT2D eigenvalue weighted by molar-refractivity contribution is 0.0629. The molecule has 1 N–H and O–H groups in total. The minimum atomic E-state index is 0.0886. The Morgan fingerprint density at radius 3 is 2.31 bits per heavy atom. The lowest BCUT2D eigenvalue weighted by atomic mass is 10.0. The fourth-order valence-electron chi connectivity index (χ4n) is 3.28. The Morgan fingerprint density at radius 2 is 1.69 bits per heavy atom. The molecule has 0 atom stereocenters. The number of rotatable bonds is 5. The van der Waals surface area contributed by atoms with E-state index in [1.54, 1.807) is 0 Å². The van der Waals surface area contributed by atoms with E-state index in [9.17, 15) is 4.79 Å². The first-order valence-electron chi connectivity index (χ1n) is 9.07. The molecule has 1 amide bonds. The number of aliphatic hydroxyl groups excluding tert-OH is 1. The summed E-state index contributed by atoms with van der Waals surface area (Å²) >= 11 is 6.09. The lowest BCUT2D eigenvalue weighted by Gasteiger charge is -2.34. The Bertz CT molecular complexity index is 753. The SMILES string of the molecule is Cc1cc(-c2ccc(C(=O)N3CCN(CCCO)CC3)cc2)ccc1Cl. The highest BCUT2D eigenvalue weighted by atomic mass is 35.5. The summed E-state index contributed by atoms with van der Waals surface area (Å²) in [6.07, 6.45) is 0.791. The van der Waals surface area contributed by atoms with Gasteiger partial charge in [0.25, 0.3) is 5.91 Å². The first kappa shape index (κ1) is 18.9. The van der Waals surface area contributed by atoms with Crippen LogP contribution in [0.5, 0.6) is 0 Å². The van der Waals surface area contributed by atoms with Gasteiger partial charge in [0.05, 0.1) is 0 Å². The minimum absolute atomic E-state index is 0.0886. The zero-order valence-electron chi connectivity index (χ0n) is 15.1. The maximum atomic E-state index is 12.7. The van der Waals surface area contributed by atoms with Crippen LogP contribution >= 0.6 is 11.6 Å². The molecule has 1 fully saturated rings. The van der Waals surface area contributed by atoms with Gasteiger partial charge in [-0.2, -0.15) is 0 Å². The van der Waals surface area contributed by atoms with E-state index in [0.29, 0.717) is 0 Å². The van der Waals surface area contributed by atoms with E-state index >= 15 is 0 Å². The summed E-state index contributed by atoms with van der Waals surface area (Å²) in [5, 5.41) is 9.68. The van der Waals surface area contributed by atoms with Crippen molar-refractivity contribution in [3.05, 3.63) is 58.6 Å². The second kappa shape index (κ2) is 8.67. The molecule has 1 saturated heterocycles. The van der Waals surface area contributed by atoms with Crippen LogP contribution in [0.3, 0.4) is 0 Å². The molecule has 0 saturated carbocycles. The number of halogens is 1. The van der Waals surface area contributed by atoms with Crippen LogP contribution in [-0.4, -0.2) is 60.1 Å². The fourth-order valence-corrected chi connectivity index (χ4v) is 3.40. The predicted molar refractivity (Wildman–Crippen MR) is 106 cm³/mol. The van der Waals surface area contributed by atoms with Gasteiger partial charge in [0, 0.05) is 49.9 Å². The van der Waals surface area contributed by atoms with Crippen molar-refractivity contribution >= 4 is 17.5 Å². The first-order valence-corrected chi connectivity index (χ1v) is 9.45. The topological polar surface area (TPSA) is 43.8 Å². The molecule has 4 nitrogen and oxygen atoms in total. The van der Waals surface area contributed by atoms with Gasteiger partial charge in [0.1, 0.15) is 0 Å². The molecule has 2 aromatic carbocycles. The third kappa shape index (κ3) is 4.44. The van der Waals surface area contributed by atoms with Crippen LogP contribution in [0.2, 0.25) is 5.02 Å². The smallest absolute Gasteiger partial charge is 0.253 e. The van der Waals surface area contributed by atoms with Gasteiger partial charge in [0.2, 0.25) is 0 Å². The Kier molecular flexibility index (Phi) is 6.30. The van der Waals surface area contributed by atoms with Crippen molar-refractivity contribution in [3.8, 4) is 11.1 Å². The molecule has 0 aliphatic carbocycles. The minimum Gasteiger partial charge on any atom is -0.396 e. The molecule has 26 heavy (non-hydrogen) atoms. The molecule has 5 heteroatoms. The van der Waals surface area contributed by atoms with Crippen LogP contribution in [0.15, 0.2) is 42.5 Å². The molecule has 1 aliphatic rings. The van der Waals surface area contributed by atoms with Crippen molar-refractivity contribution in [3.63, 3.8) is 0 Å². The molecule has 2 aromatic rings. The summed E-state index contributed by atoms with van der Waals surface area (Å²) in [6.45, 7) is 6.32. The maximum absolute atomic E-state index is 12.7. The zero-order valence-corrected chi connectivity index (χ0v) is 15.9. The van der Waals surface area contributed by atoms with Crippen molar-refractivity contribution < 1.29 is 9.90 Å². The number of aryl methyl sites for hydroxylation is 1. The van der Waals surface area contributed by atoms with Crippen molar-refractivity contribution in [1.29, 1.82) is 0 Å². The van der Waals surface area contributed by atoms with Crippen molar-refractivity contribution in [2.75, 3.05) is 39.3 Å². The van der Waals surface area contributed by atoms with Crippen LogP contribution in [0.1, 0.15) is 22.3 Å². The van der Waals surface area contributed by atoms with Crippen molar-refractivity contribution in [2.45, 2.75) is 13.3 Å². The molecule has 0 spiro atoms. The van der Waals surface area contributed by atoms with E-state index in [0.717, 1.165) is 66.4 Å². The zero-order chi connectivity index (χ0) is 18.5. The van der Waals surface area contributed by atoms with E-state index in [1.807, 2.05) is 48.2 Å². The van der Waals surface area contributed by atoms with Crippen molar-refractivity contribution in [1.82, 2.24) is 9.80 Å². The van der Waals surface area contributed by atoms with Crippen LogP contribution in [0.4, 0.5) is 0 Å². The summed E-state index contributed by atoms with van der Waals surface area (Å²) in [5.74, 6) is 0.0886. The Morgan fingerprint density at radius 1 is 1.04 bits per heavy atom. The highest BCUT2D eigenvalue weighted by Gasteiger charge is 2.21. The molecule has 1 aliphatic heterocycles. The Balaban J connectivity index is 1.63. The number of benzene rings is 2. The molecular weight excluding hydrogens is 348 g/mol. The second-order valence-corrected chi connectivity index (χ2v) is 7.16. The Labute approximate surface area is 160 Å². The average molecular weight is 373 g/mol. The predicted octanol–water partition coefficient (Wildman–Crippen LogP) is 3.46. The summed E-state index contributed by atoms with van der Waals surface area (Å²) in [5.41, 5.74) is 3.95. The number of hydrogen-bond acceptors (Lipinski definition) is 3. The Hall–Kier alpha value is -1.88. The van der Waals surface area contributed by atoms with Crippen molar-refractivity contribution in [2.24, 2.45) is 0 Å². The third-order valence-electron chi connectivity index (χ3n) is 4.92. The highest BCUT2D eigenvalue weighted by Crippen LogP contribution is 2.25. The van der Waals surface area contributed by atoms with E-state index < -0.39 is 0 Å². The summed E-state index contributed by atoms with van der Waals surface area (Å²) in [4.78, 5) is 16.9. The van der Waals surface area contributed by atoms with Gasteiger partial charge in [-0.25, -0.2) is 0 Å². The number of carbonyl (C=O) groups excluding carboxylic acids is 1. The van der Waals surface area contributed by atoms with E-state index in [-0.39, 0.29) is 12.5 Å². The molecule has 0 radical (unpaired) electrons. The number of carbonyl (C=O) groups is 1. The van der Waals surface area contributed by atoms with Crippen LogP contribution in [0, 0.1) is 6.92 Å². The third-order valence-corrected chi connectivity index (χ3v) is 5.34. The number of amides is 1. The number of nitrogens with zero attached hydrogens (tertiary/aromatic N) is 2. The van der Waals surface area contributed by atoms with Crippen LogP contribution in [0.25, 0.3) is 11.1 Å². The quantitative estimate of drug-likeness (QED) is 0.874. The number of aliphatic hydroxyl groups is 1. The standard InChI is InChI=1S/C21H25ClN2O2/c1-16-15-19(7-8-20(16)22)17-3-5-18(6-4-17)21(26)24-12-10-23(11-13-24)9-2-14-25/h3-8,15,25H,2,9-14H2,1H3. The van der Waals surface area contributed by atoms with Gasteiger partial charge in [0.15, 0.2) is 0 Å². The first-order chi connectivity index (χ1) is 12.6. The molecule has 1 heterocycles. The van der Waals surface area contributed by atoms with E-state index in [1.165, 1.54) is 0 Å². The lowest BCUT2D eigenvalue weighted by Crippen LogP contribution is -2.48. The van der Waals surface area contributed by atoms with Gasteiger partial charge in [-0.15, -0.1) is 0 Å². The number of hydrogen-bond donors (Lipinski definition) is 1. The molecular formula is C21H25ClN2O2. The normalized spacial score (nSPS) is 15.3. The van der Waals surface area contributed by atoms with E-state index in [4.69, 9.17) is 16.7 Å². The molecule has 0 bridgehead atoms. The van der Waals surface area contributed by atoms with Crippen LogP contribution in [-0.2, 0) is 0 Å². The summed E-state index contributed by atoms with van der Waals surface area (Å²) in [7, 11) is 0. The second-order valence-electron chi connectivity index (χ2n) is 6.75. The average Bonchev–Trinajstić information content (AvgIpc) is 2.68. The van der Waals surface area contributed by atoms with Gasteiger partial charge >= 0.3 is 0 Å². The van der Waals surface area contributed by atoms with Crippen LogP contribution < -0.4 is 0 Å². The largest absolute Gasteiger partial charge is 0.396 e. The summed E-state index contributed by atoms with van der Waals surface area (Å²) < 4.78 is 0. The molecule has 0 unspecified atom stereocenters. The van der Waals surface area contributed by atoms with Gasteiger partial charge in [-0.05, 0) is 54.3 Å². The van der Waals surface area contributed by atoms with Gasteiger partial charge in [-0.1, -0.05) is 29.8 Å². The molecule has 0 aromatic heterocycles. The highest BCUT2D eigenvalue weighted by molar-refractivity contribution is 6.31. The fraction of sp³-hybridized carbons (Fsp3) is 0.381. The van der Waals surface area contributed by atoms with Gasteiger partial charge < -0.3 is 10.0 Å².